The van der Waals surface area contributed by atoms with E-state index >= 15 is 0 Å². The molecule has 2 rings (SSSR count). The van der Waals surface area contributed by atoms with Crippen LogP contribution in [0.5, 0.6) is 0 Å². The third-order valence-corrected chi connectivity index (χ3v) is 3.58. The molecule has 0 bridgehead atoms. The highest BCUT2D eigenvalue weighted by Gasteiger charge is 2.31. The molecule has 1 atom stereocenters. The van der Waals surface area contributed by atoms with E-state index in [1.165, 1.54) is 5.56 Å². The molecule has 1 N–H and O–H groups in total. The lowest BCUT2D eigenvalue weighted by atomic mass is 10.0. The average Bonchev–Trinajstić information content (AvgIpc) is 2.48. The second-order valence-corrected chi connectivity index (χ2v) is 5.67. The molecular formula is C15H22N2O. The molecule has 3 heteroatoms. The summed E-state index contributed by atoms with van der Waals surface area (Å²) >= 11 is 0. The van der Waals surface area contributed by atoms with Gasteiger partial charge in [-0.1, -0.05) is 30.3 Å². The van der Waals surface area contributed by atoms with E-state index in [0.29, 0.717) is 6.42 Å². The lowest BCUT2D eigenvalue weighted by Gasteiger charge is -2.34. The standard InChI is InChI=1S/C15H22N2O/c1-12(13-7-5-4-6-8-13)17-11-15(2,3)16-10-9-14(17)18/h4-8,12,16H,9-11H2,1-3H3. The Morgan fingerprint density at radius 1 is 1.28 bits per heavy atom. The van der Waals surface area contributed by atoms with Gasteiger partial charge in [-0.15, -0.1) is 0 Å². The zero-order chi connectivity index (χ0) is 13.2. The van der Waals surface area contributed by atoms with Gasteiger partial charge in [0, 0.05) is 25.0 Å². The first-order chi connectivity index (χ1) is 8.49. The Kier molecular flexibility index (Phi) is 3.71. The molecule has 1 fully saturated rings. The number of nitrogens with zero attached hydrogens (tertiary/aromatic N) is 1. The largest absolute Gasteiger partial charge is 0.334 e. The Morgan fingerprint density at radius 2 is 1.94 bits per heavy atom. The van der Waals surface area contributed by atoms with E-state index in [0.717, 1.165) is 13.1 Å². The molecule has 1 saturated heterocycles. The van der Waals surface area contributed by atoms with Crippen molar-refractivity contribution < 1.29 is 4.79 Å². The fourth-order valence-electron chi connectivity index (χ4n) is 2.49. The van der Waals surface area contributed by atoms with Gasteiger partial charge >= 0.3 is 0 Å². The van der Waals surface area contributed by atoms with E-state index in [1.54, 1.807) is 0 Å². The monoisotopic (exact) mass is 246 g/mol. The van der Waals surface area contributed by atoms with E-state index in [4.69, 9.17) is 0 Å². The van der Waals surface area contributed by atoms with E-state index < -0.39 is 0 Å². The second kappa shape index (κ2) is 5.11. The Hall–Kier alpha value is -1.35. The Labute approximate surface area is 109 Å². The van der Waals surface area contributed by atoms with Crippen LogP contribution in [0.1, 0.15) is 38.8 Å². The van der Waals surface area contributed by atoms with Crippen molar-refractivity contribution in [3.8, 4) is 0 Å². The van der Waals surface area contributed by atoms with Gasteiger partial charge < -0.3 is 10.2 Å². The normalized spacial score (nSPS) is 21.5. The fraction of sp³-hybridized carbons (Fsp3) is 0.533. The summed E-state index contributed by atoms with van der Waals surface area (Å²) in [6, 6.07) is 10.4. The minimum atomic E-state index is -0.0187. The predicted molar refractivity (Wildman–Crippen MR) is 73.3 cm³/mol. The molecule has 1 amide bonds. The van der Waals surface area contributed by atoms with E-state index in [-0.39, 0.29) is 17.5 Å². The van der Waals surface area contributed by atoms with E-state index in [2.05, 4.69) is 38.2 Å². The van der Waals surface area contributed by atoms with Crippen LogP contribution in [-0.2, 0) is 4.79 Å². The molecule has 1 aromatic carbocycles. The molecule has 0 spiro atoms. The van der Waals surface area contributed by atoms with Gasteiger partial charge in [0.2, 0.25) is 5.91 Å². The molecule has 1 aromatic rings. The SMILES string of the molecule is CC(c1ccccc1)N1CC(C)(C)NCCC1=O. The molecule has 1 unspecified atom stereocenters. The maximum Gasteiger partial charge on any atom is 0.224 e. The Morgan fingerprint density at radius 3 is 2.61 bits per heavy atom. The van der Waals surface area contributed by atoms with Crippen LogP contribution >= 0.6 is 0 Å². The first kappa shape index (κ1) is 13.1. The minimum absolute atomic E-state index is 0.0187. The number of benzene rings is 1. The van der Waals surface area contributed by atoms with E-state index in [1.807, 2.05) is 23.1 Å². The van der Waals surface area contributed by atoms with Crippen LogP contribution in [0, 0.1) is 0 Å². The lowest BCUT2D eigenvalue weighted by molar-refractivity contribution is -0.133. The Balaban J connectivity index is 2.21. The molecule has 0 aliphatic carbocycles. The first-order valence-corrected chi connectivity index (χ1v) is 6.59. The first-order valence-electron chi connectivity index (χ1n) is 6.59. The predicted octanol–water partition coefficient (Wildman–Crippen LogP) is 2.35. The number of hydrogen-bond acceptors (Lipinski definition) is 2. The third-order valence-electron chi connectivity index (χ3n) is 3.58. The van der Waals surface area contributed by atoms with Crippen LogP contribution in [0.3, 0.4) is 0 Å². The summed E-state index contributed by atoms with van der Waals surface area (Å²) in [5, 5.41) is 3.43. The van der Waals surface area contributed by atoms with Gasteiger partial charge in [-0.05, 0) is 26.3 Å². The highest BCUT2D eigenvalue weighted by molar-refractivity contribution is 5.77. The summed E-state index contributed by atoms with van der Waals surface area (Å²) in [4.78, 5) is 14.2. The molecule has 0 radical (unpaired) electrons. The molecule has 0 saturated carbocycles. The molecule has 1 aliphatic heterocycles. The molecule has 0 aromatic heterocycles. The van der Waals surface area contributed by atoms with Gasteiger partial charge in [0.1, 0.15) is 0 Å². The zero-order valence-corrected chi connectivity index (χ0v) is 11.4. The summed E-state index contributed by atoms with van der Waals surface area (Å²) in [5.74, 6) is 0.240. The lowest BCUT2D eigenvalue weighted by Crippen LogP contribution is -2.47. The van der Waals surface area contributed by atoms with Crippen molar-refractivity contribution in [2.75, 3.05) is 13.1 Å². The summed E-state index contributed by atoms with van der Waals surface area (Å²) in [6.45, 7) is 7.92. The van der Waals surface area contributed by atoms with Crippen molar-refractivity contribution in [3.63, 3.8) is 0 Å². The Bertz CT molecular complexity index is 414. The van der Waals surface area contributed by atoms with Crippen LogP contribution in [0.15, 0.2) is 30.3 Å². The summed E-state index contributed by atoms with van der Waals surface area (Å²) in [7, 11) is 0. The van der Waals surface area contributed by atoms with Crippen LogP contribution in [0.4, 0.5) is 0 Å². The third kappa shape index (κ3) is 2.91. The van der Waals surface area contributed by atoms with Crippen molar-refractivity contribution >= 4 is 5.91 Å². The smallest absolute Gasteiger partial charge is 0.224 e. The van der Waals surface area contributed by atoms with Crippen molar-refractivity contribution in [1.82, 2.24) is 10.2 Å². The molecule has 1 heterocycles. The maximum atomic E-state index is 12.2. The maximum absolute atomic E-state index is 12.2. The number of carbonyl (C=O) groups excluding carboxylic acids is 1. The van der Waals surface area contributed by atoms with Crippen LogP contribution in [0.25, 0.3) is 0 Å². The average molecular weight is 246 g/mol. The van der Waals surface area contributed by atoms with Gasteiger partial charge in [-0.25, -0.2) is 0 Å². The number of rotatable bonds is 2. The topological polar surface area (TPSA) is 32.3 Å². The van der Waals surface area contributed by atoms with Gasteiger partial charge in [0.15, 0.2) is 0 Å². The van der Waals surface area contributed by atoms with Gasteiger partial charge in [-0.2, -0.15) is 0 Å². The molecular weight excluding hydrogens is 224 g/mol. The number of nitrogens with one attached hydrogen (secondary N) is 1. The summed E-state index contributed by atoms with van der Waals surface area (Å²) in [6.07, 6.45) is 0.584. The fourth-order valence-corrected chi connectivity index (χ4v) is 2.49. The number of carbonyl (C=O) groups is 1. The van der Waals surface area contributed by atoms with Crippen LogP contribution in [0.2, 0.25) is 0 Å². The highest BCUT2D eigenvalue weighted by Crippen LogP contribution is 2.24. The van der Waals surface area contributed by atoms with Crippen molar-refractivity contribution in [3.05, 3.63) is 35.9 Å². The molecule has 3 nitrogen and oxygen atoms in total. The molecule has 18 heavy (non-hydrogen) atoms. The van der Waals surface area contributed by atoms with Crippen LogP contribution < -0.4 is 5.32 Å². The van der Waals surface area contributed by atoms with Gasteiger partial charge in [-0.3, -0.25) is 4.79 Å². The number of hydrogen-bond donors (Lipinski definition) is 1. The van der Waals surface area contributed by atoms with E-state index in [9.17, 15) is 4.79 Å². The molecule has 98 valence electrons. The summed E-state index contributed by atoms with van der Waals surface area (Å²) < 4.78 is 0. The van der Waals surface area contributed by atoms with Crippen LogP contribution in [-0.4, -0.2) is 29.4 Å². The zero-order valence-electron chi connectivity index (χ0n) is 11.4. The quantitative estimate of drug-likeness (QED) is 0.868. The summed E-state index contributed by atoms with van der Waals surface area (Å²) in [5.41, 5.74) is 1.18. The number of amides is 1. The second-order valence-electron chi connectivity index (χ2n) is 5.67. The van der Waals surface area contributed by atoms with Crippen molar-refractivity contribution in [2.45, 2.75) is 38.8 Å². The van der Waals surface area contributed by atoms with Crippen molar-refractivity contribution in [1.29, 1.82) is 0 Å². The minimum Gasteiger partial charge on any atom is -0.334 e. The van der Waals surface area contributed by atoms with Gasteiger partial charge in [0.05, 0.1) is 6.04 Å². The highest BCUT2D eigenvalue weighted by atomic mass is 16.2. The molecule has 1 aliphatic rings. The van der Waals surface area contributed by atoms with Crippen molar-refractivity contribution in [2.24, 2.45) is 0 Å². The van der Waals surface area contributed by atoms with Gasteiger partial charge in [0.25, 0.3) is 0 Å².